The number of ether oxygens (including phenoxy) is 1. The highest BCUT2D eigenvalue weighted by Crippen LogP contribution is 2.31. The first-order valence-corrected chi connectivity index (χ1v) is 8.37. The van der Waals surface area contributed by atoms with E-state index in [1.54, 1.807) is 30.3 Å². The third kappa shape index (κ3) is 4.94. The SMILES string of the molecule is COc1cc(Cl)c(C)cc1NC(=O)CCNc1cc(Cl)ccc1Cl. The molecule has 0 radical (unpaired) electrons. The number of carbonyl (C=O) groups excluding carboxylic acids is 1. The molecule has 0 saturated carbocycles. The topological polar surface area (TPSA) is 50.4 Å². The smallest absolute Gasteiger partial charge is 0.226 e. The minimum Gasteiger partial charge on any atom is -0.495 e. The van der Waals surface area contributed by atoms with Gasteiger partial charge in [0.1, 0.15) is 5.75 Å². The van der Waals surface area contributed by atoms with Crippen molar-refractivity contribution in [3.63, 3.8) is 0 Å². The standard InChI is InChI=1S/C17H17Cl3N2O2/c1-10-7-15(16(24-2)9-13(10)20)22-17(23)5-6-21-14-8-11(18)3-4-12(14)19/h3-4,7-9,21H,5-6H2,1-2H3,(H,22,23). The van der Waals surface area contributed by atoms with Crippen molar-refractivity contribution in [3.05, 3.63) is 51.0 Å². The summed E-state index contributed by atoms with van der Waals surface area (Å²) in [6.07, 6.45) is 0.258. The van der Waals surface area contributed by atoms with Gasteiger partial charge in [-0.3, -0.25) is 4.79 Å². The summed E-state index contributed by atoms with van der Waals surface area (Å²) in [5.74, 6) is 0.366. The molecule has 2 N–H and O–H groups in total. The van der Waals surface area contributed by atoms with Crippen molar-refractivity contribution in [1.82, 2.24) is 0 Å². The maximum Gasteiger partial charge on any atom is 0.226 e. The summed E-state index contributed by atoms with van der Waals surface area (Å²) in [6.45, 7) is 2.28. The summed E-state index contributed by atoms with van der Waals surface area (Å²) in [4.78, 5) is 12.1. The number of amides is 1. The van der Waals surface area contributed by atoms with Crippen LogP contribution in [0.15, 0.2) is 30.3 Å². The molecule has 0 saturated heterocycles. The van der Waals surface area contributed by atoms with Crippen LogP contribution in [0.5, 0.6) is 5.75 Å². The number of hydrogen-bond donors (Lipinski definition) is 2. The van der Waals surface area contributed by atoms with Crippen molar-refractivity contribution in [2.75, 3.05) is 24.3 Å². The zero-order valence-corrected chi connectivity index (χ0v) is 15.5. The van der Waals surface area contributed by atoms with E-state index in [1.807, 2.05) is 6.92 Å². The highest BCUT2D eigenvalue weighted by molar-refractivity contribution is 6.35. The van der Waals surface area contributed by atoms with Crippen molar-refractivity contribution in [2.24, 2.45) is 0 Å². The van der Waals surface area contributed by atoms with Crippen LogP contribution in [0.3, 0.4) is 0 Å². The number of carbonyl (C=O) groups is 1. The summed E-state index contributed by atoms with van der Waals surface area (Å²) < 4.78 is 5.24. The Morgan fingerprint density at radius 2 is 1.83 bits per heavy atom. The van der Waals surface area contributed by atoms with Gasteiger partial charge in [-0.25, -0.2) is 0 Å². The Morgan fingerprint density at radius 1 is 1.08 bits per heavy atom. The number of anilines is 2. The molecule has 0 spiro atoms. The first kappa shape index (κ1) is 18.7. The van der Waals surface area contributed by atoms with E-state index in [9.17, 15) is 4.79 Å². The minimum atomic E-state index is -0.152. The Hall–Kier alpha value is -1.62. The zero-order valence-electron chi connectivity index (χ0n) is 13.3. The number of nitrogens with one attached hydrogen (secondary N) is 2. The van der Waals surface area contributed by atoms with Gasteiger partial charge in [0.15, 0.2) is 0 Å². The van der Waals surface area contributed by atoms with E-state index in [-0.39, 0.29) is 12.3 Å². The summed E-state index contributed by atoms with van der Waals surface area (Å²) in [5, 5.41) is 7.62. The molecule has 2 rings (SSSR count). The zero-order chi connectivity index (χ0) is 17.7. The average Bonchev–Trinajstić information content (AvgIpc) is 2.54. The molecule has 0 aliphatic rings. The van der Waals surface area contributed by atoms with Gasteiger partial charge < -0.3 is 15.4 Å². The molecule has 1 amide bonds. The van der Waals surface area contributed by atoms with Crippen LogP contribution >= 0.6 is 34.8 Å². The fourth-order valence-electron chi connectivity index (χ4n) is 2.09. The average molecular weight is 388 g/mol. The summed E-state index contributed by atoms with van der Waals surface area (Å²) in [6, 6.07) is 8.58. The van der Waals surface area contributed by atoms with E-state index in [4.69, 9.17) is 39.5 Å². The predicted octanol–water partition coefficient (Wildman–Crippen LogP) is 5.40. The van der Waals surface area contributed by atoms with Crippen LogP contribution in [-0.2, 0) is 4.79 Å². The molecule has 2 aromatic rings. The lowest BCUT2D eigenvalue weighted by atomic mass is 10.2. The lowest BCUT2D eigenvalue weighted by Gasteiger charge is -2.13. The Balaban J connectivity index is 1.94. The predicted molar refractivity (Wildman–Crippen MR) is 101 cm³/mol. The lowest BCUT2D eigenvalue weighted by Crippen LogP contribution is -2.17. The van der Waals surface area contributed by atoms with Crippen molar-refractivity contribution in [3.8, 4) is 5.75 Å². The van der Waals surface area contributed by atoms with Crippen molar-refractivity contribution in [1.29, 1.82) is 0 Å². The van der Waals surface area contributed by atoms with Gasteiger partial charge in [-0.05, 0) is 36.8 Å². The van der Waals surface area contributed by atoms with E-state index in [0.29, 0.717) is 38.7 Å². The van der Waals surface area contributed by atoms with Gasteiger partial charge in [-0.15, -0.1) is 0 Å². The molecule has 128 valence electrons. The molecular formula is C17H17Cl3N2O2. The van der Waals surface area contributed by atoms with Gasteiger partial charge in [-0.2, -0.15) is 0 Å². The van der Waals surface area contributed by atoms with Crippen LogP contribution < -0.4 is 15.4 Å². The second kappa shape index (κ2) is 8.47. The molecule has 24 heavy (non-hydrogen) atoms. The van der Waals surface area contributed by atoms with E-state index in [2.05, 4.69) is 10.6 Å². The van der Waals surface area contributed by atoms with Crippen LogP contribution in [0, 0.1) is 6.92 Å². The van der Waals surface area contributed by atoms with Crippen LogP contribution in [0.1, 0.15) is 12.0 Å². The number of aryl methyl sites for hydroxylation is 1. The Kier molecular flexibility index (Phi) is 6.60. The van der Waals surface area contributed by atoms with Crippen LogP contribution in [0.4, 0.5) is 11.4 Å². The van der Waals surface area contributed by atoms with Crippen LogP contribution in [-0.4, -0.2) is 19.6 Å². The molecule has 0 fully saturated rings. The molecule has 0 aromatic heterocycles. The maximum atomic E-state index is 12.1. The first-order chi connectivity index (χ1) is 11.4. The molecule has 0 aliphatic heterocycles. The molecule has 4 nitrogen and oxygen atoms in total. The summed E-state index contributed by atoms with van der Waals surface area (Å²) in [5.41, 5.74) is 2.14. The Morgan fingerprint density at radius 3 is 2.54 bits per heavy atom. The van der Waals surface area contributed by atoms with Gasteiger partial charge >= 0.3 is 0 Å². The maximum absolute atomic E-state index is 12.1. The Labute approximate surface area is 156 Å². The molecule has 2 aromatic carbocycles. The molecule has 0 aliphatic carbocycles. The van der Waals surface area contributed by atoms with Crippen molar-refractivity contribution in [2.45, 2.75) is 13.3 Å². The quantitative estimate of drug-likeness (QED) is 0.697. The van der Waals surface area contributed by atoms with E-state index >= 15 is 0 Å². The number of halogens is 3. The molecule has 7 heteroatoms. The first-order valence-electron chi connectivity index (χ1n) is 7.23. The van der Waals surface area contributed by atoms with Crippen molar-refractivity contribution >= 4 is 52.1 Å². The fourth-order valence-corrected chi connectivity index (χ4v) is 2.60. The summed E-state index contributed by atoms with van der Waals surface area (Å²) in [7, 11) is 1.53. The second-order valence-corrected chi connectivity index (χ2v) is 6.40. The Bertz CT molecular complexity index is 751. The van der Waals surface area contributed by atoms with Crippen molar-refractivity contribution < 1.29 is 9.53 Å². The van der Waals surface area contributed by atoms with Gasteiger partial charge in [0.05, 0.1) is 23.5 Å². The lowest BCUT2D eigenvalue weighted by molar-refractivity contribution is -0.115. The fraction of sp³-hybridized carbons (Fsp3) is 0.235. The van der Waals surface area contributed by atoms with E-state index in [1.165, 1.54) is 7.11 Å². The molecule has 0 heterocycles. The third-order valence-electron chi connectivity index (χ3n) is 3.35. The van der Waals surface area contributed by atoms with Crippen LogP contribution in [0.25, 0.3) is 0 Å². The number of benzene rings is 2. The monoisotopic (exact) mass is 386 g/mol. The number of methoxy groups -OCH3 is 1. The number of rotatable bonds is 6. The largest absolute Gasteiger partial charge is 0.495 e. The molecule has 0 unspecified atom stereocenters. The second-order valence-electron chi connectivity index (χ2n) is 5.15. The highest BCUT2D eigenvalue weighted by Gasteiger charge is 2.10. The van der Waals surface area contributed by atoms with E-state index < -0.39 is 0 Å². The summed E-state index contributed by atoms with van der Waals surface area (Å²) >= 11 is 18.0. The molecular weight excluding hydrogens is 371 g/mol. The molecule has 0 bridgehead atoms. The third-order valence-corrected chi connectivity index (χ3v) is 4.32. The van der Waals surface area contributed by atoms with Gasteiger partial charge in [0.2, 0.25) is 5.91 Å². The molecule has 0 atom stereocenters. The normalized spacial score (nSPS) is 10.4. The van der Waals surface area contributed by atoms with Gasteiger partial charge in [0, 0.05) is 29.1 Å². The highest BCUT2D eigenvalue weighted by atomic mass is 35.5. The van der Waals surface area contributed by atoms with Gasteiger partial charge in [0.25, 0.3) is 0 Å². The van der Waals surface area contributed by atoms with Crippen LogP contribution in [0.2, 0.25) is 15.1 Å². The number of hydrogen-bond acceptors (Lipinski definition) is 3. The van der Waals surface area contributed by atoms with Gasteiger partial charge in [-0.1, -0.05) is 34.8 Å². The van der Waals surface area contributed by atoms with E-state index in [0.717, 1.165) is 5.56 Å². The minimum absolute atomic E-state index is 0.152.